The molecular weight excluding hydrogens is 342 g/mol. The number of rotatable bonds is 8. The molecule has 2 rings (SSSR count). The van der Waals surface area contributed by atoms with Gasteiger partial charge >= 0.3 is 0 Å². The number of nitro groups is 2. The minimum absolute atomic E-state index is 0.274. The summed E-state index contributed by atoms with van der Waals surface area (Å²) < 4.78 is 5.60. The summed E-state index contributed by atoms with van der Waals surface area (Å²) in [7, 11) is 0. The number of para-hydroxylation sites is 2. The normalized spacial score (nSPS) is 10.2. The topological polar surface area (TPSA) is 125 Å². The lowest BCUT2D eigenvalue weighted by Gasteiger charge is -2.12. The van der Waals surface area contributed by atoms with Gasteiger partial charge in [-0.1, -0.05) is 25.5 Å². The Labute approximate surface area is 148 Å². The first-order valence-electron chi connectivity index (χ1n) is 7.90. The maximum absolute atomic E-state index is 12.5. The molecule has 1 N–H and O–H groups in total. The summed E-state index contributed by atoms with van der Waals surface area (Å²) in [6.45, 7) is 2.49. The smallest absolute Gasteiger partial charge is 0.289 e. The molecule has 136 valence electrons. The van der Waals surface area contributed by atoms with Gasteiger partial charge in [-0.25, -0.2) is 0 Å². The van der Waals surface area contributed by atoms with E-state index in [0.717, 1.165) is 31.0 Å². The zero-order valence-electron chi connectivity index (χ0n) is 14.0. The number of ether oxygens (including phenoxy) is 1. The third kappa shape index (κ3) is 4.53. The zero-order valence-corrected chi connectivity index (χ0v) is 14.0. The van der Waals surface area contributed by atoms with Crippen LogP contribution in [0.5, 0.6) is 5.75 Å². The number of amides is 1. The number of unbranched alkanes of at least 4 members (excludes halogenated alkanes) is 1. The summed E-state index contributed by atoms with van der Waals surface area (Å²) in [6, 6.07) is 9.58. The molecule has 0 aliphatic carbocycles. The second kappa shape index (κ2) is 8.56. The number of nitrogens with zero attached hydrogens (tertiary/aromatic N) is 2. The molecule has 0 spiro atoms. The molecule has 0 aliphatic heterocycles. The number of benzene rings is 2. The Balaban J connectivity index is 2.28. The molecule has 0 heterocycles. The largest absolute Gasteiger partial charge is 0.491 e. The van der Waals surface area contributed by atoms with Crippen molar-refractivity contribution in [3.05, 3.63) is 68.3 Å². The maximum atomic E-state index is 12.5. The van der Waals surface area contributed by atoms with E-state index >= 15 is 0 Å². The van der Waals surface area contributed by atoms with Crippen molar-refractivity contribution in [1.82, 2.24) is 0 Å². The van der Waals surface area contributed by atoms with E-state index in [0.29, 0.717) is 18.0 Å². The first kappa shape index (κ1) is 18.8. The van der Waals surface area contributed by atoms with Gasteiger partial charge < -0.3 is 10.1 Å². The van der Waals surface area contributed by atoms with Gasteiger partial charge in [0.2, 0.25) is 0 Å². The standard InChI is InChI=1S/C17H17N3O6/c1-2-3-10-26-16-7-5-4-6-14(16)18-17(21)13-9-8-12(19(22)23)11-15(13)20(24)25/h4-9,11H,2-3,10H2,1H3,(H,18,21). The molecule has 2 aromatic carbocycles. The van der Waals surface area contributed by atoms with Gasteiger partial charge in [-0.15, -0.1) is 0 Å². The molecule has 0 saturated heterocycles. The van der Waals surface area contributed by atoms with Crippen LogP contribution in [-0.4, -0.2) is 22.4 Å². The average Bonchev–Trinajstić information content (AvgIpc) is 2.62. The minimum Gasteiger partial charge on any atom is -0.491 e. The van der Waals surface area contributed by atoms with Crippen LogP contribution in [0, 0.1) is 20.2 Å². The fourth-order valence-corrected chi connectivity index (χ4v) is 2.19. The Kier molecular flexibility index (Phi) is 6.20. The molecule has 0 saturated carbocycles. The lowest BCUT2D eigenvalue weighted by molar-refractivity contribution is -0.394. The van der Waals surface area contributed by atoms with E-state index in [9.17, 15) is 25.0 Å². The van der Waals surface area contributed by atoms with E-state index in [1.165, 1.54) is 0 Å². The van der Waals surface area contributed by atoms with Crippen molar-refractivity contribution in [2.45, 2.75) is 19.8 Å². The molecule has 9 nitrogen and oxygen atoms in total. The zero-order chi connectivity index (χ0) is 19.1. The fourth-order valence-electron chi connectivity index (χ4n) is 2.19. The number of anilines is 1. The Morgan fingerprint density at radius 2 is 1.85 bits per heavy atom. The lowest BCUT2D eigenvalue weighted by Crippen LogP contribution is -2.15. The van der Waals surface area contributed by atoms with Crippen molar-refractivity contribution in [3.63, 3.8) is 0 Å². The van der Waals surface area contributed by atoms with Gasteiger partial charge in [-0.2, -0.15) is 0 Å². The number of nitro benzene ring substituents is 2. The quantitative estimate of drug-likeness (QED) is 0.432. The second-order valence-electron chi connectivity index (χ2n) is 5.37. The highest BCUT2D eigenvalue weighted by atomic mass is 16.6. The van der Waals surface area contributed by atoms with Gasteiger partial charge in [-0.3, -0.25) is 25.0 Å². The molecule has 0 aromatic heterocycles. The van der Waals surface area contributed by atoms with E-state index in [4.69, 9.17) is 4.74 Å². The third-order valence-electron chi connectivity index (χ3n) is 3.52. The van der Waals surface area contributed by atoms with Crippen LogP contribution >= 0.6 is 0 Å². The molecule has 26 heavy (non-hydrogen) atoms. The van der Waals surface area contributed by atoms with Crippen LogP contribution in [-0.2, 0) is 0 Å². The van der Waals surface area contributed by atoms with Crippen LogP contribution in [0.15, 0.2) is 42.5 Å². The first-order chi connectivity index (χ1) is 12.4. The molecule has 0 atom stereocenters. The number of hydrogen-bond donors (Lipinski definition) is 1. The van der Waals surface area contributed by atoms with E-state index in [2.05, 4.69) is 5.32 Å². The number of non-ortho nitro benzene ring substituents is 1. The predicted octanol–water partition coefficient (Wildman–Crippen LogP) is 3.93. The average molecular weight is 359 g/mol. The number of nitrogens with one attached hydrogen (secondary N) is 1. The molecule has 9 heteroatoms. The number of carbonyl (C=O) groups excluding carboxylic acids is 1. The fraction of sp³-hybridized carbons (Fsp3) is 0.235. The van der Waals surface area contributed by atoms with Crippen LogP contribution < -0.4 is 10.1 Å². The lowest BCUT2D eigenvalue weighted by atomic mass is 10.1. The molecular formula is C17H17N3O6. The summed E-state index contributed by atoms with van der Waals surface area (Å²) in [4.78, 5) is 32.8. The van der Waals surface area contributed by atoms with E-state index in [1.54, 1.807) is 24.3 Å². The summed E-state index contributed by atoms with van der Waals surface area (Å²) in [5, 5.41) is 24.5. The van der Waals surface area contributed by atoms with E-state index in [-0.39, 0.29) is 5.56 Å². The van der Waals surface area contributed by atoms with Crippen LogP contribution in [0.1, 0.15) is 30.1 Å². The van der Waals surface area contributed by atoms with Gasteiger partial charge in [0.25, 0.3) is 17.3 Å². The first-order valence-corrected chi connectivity index (χ1v) is 7.90. The van der Waals surface area contributed by atoms with Crippen LogP contribution in [0.4, 0.5) is 17.1 Å². The Morgan fingerprint density at radius 3 is 2.50 bits per heavy atom. The van der Waals surface area contributed by atoms with E-state index < -0.39 is 27.1 Å². The monoisotopic (exact) mass is 359 g/mol. The summed E-state index contributed by atoms with van der Waals surface area (Å²) >= 11 is 0. The van der Waals surface area contributed by atoms with Gasteiger partial charge in [0.15, 0.2) is 0 Å². The molecule has 1 amide bonds. The summed E-state index contributed by atoms with van der Waals surface area (Å²) in [5.41, 5.74) is -1.01. The Morgan fingerprint density at radius 1 is 1.12 bits per heavy atom. The van der Waals surface area contributed by atoms with Crippen molar-refractivity contribution >= 4 is 23.0 Å². The third-order valence-corrected chi connectivity index (χ3v) is 3.52. The van der Waals surface area contributed by atoms with Crippen LogP contribution in [0.3, 0.4) is 0 Å². The molecule has 0 fully saturated rings. The maximum Gasteiger partial charge on any atom is 0.289 e. The van der Waals surface area contributed by atoms with Gasteiger partial charge in [0.05, 0.1) is 28.2 Å². The minimum atomic E-state index is -0.828. The van der Waals surface area contributed by atoms with Gasteiger partial charge in [-0.05, 0) is 24.6 Å². The van der Waals surface area contributed by atoms with Crippen molar-refractivity contribution in [2.75, 3.05) is 11.9 Å². The molecule has 0 bridgehead atoms. The number of carbonyl (C=O) groups is 1. The predicted molar refractivity (Wildman–Crippen MR) is 94.5 cm³/mol. The number of hydrogen-bond acceptors (Lipinski definition) is 6. The van der Waals surface area contributed by atoms with Crippen molar-refractivity contribution in [1.29, 1.82) is 0 Å². The summed E-state index contributed by atoms with van der Waals surface area (Å²) in [5.74, 6) is -0.308. The van der Waals surface area contributed by atoms with Crippen molar-refractivity contribution in [3.8, 4) is 5.75 Å². The molecule has 2 aromatic rings. The highest BCUT2D eigenvalue weighted by Gasteiger charge is 2.24. The Bertz CT molecular complexity index is 837. The van der Waals surface area contributed by atoms with Gasteiger partial charge in [0.1, 0.15) is 11.3 Å². The summed E-state index contributed by atoms with van der Waals surface area (Å²) in [6.07, 6.45) is 1.79. The van der Waals surface area contributed by atoms with Gasteiger partial charge in [0, 0.05) is 6.07 Å². The Hall–Kier alpha value is -3.49. The van der Waals surface area contributed by atoms with Crippen LogP contribution in [0.2, 0.25) is 0 Å². The molecule has 0 radical (unpaired) electrons. The highest BCUT2D eigenvalue weighted by molar-refractivity contribution is 6.07. The second-order valence-corrected chi connectivity index (χ2v) is 5.37. The van der Waals surface area contributed by atoms with Crippen molar-refractivity contribution < 1.29 is 19.4 Å². The SMILES string of the molecule is CCCCOc1ccccc1NC(=O)c1ccc([N+](=O)[O-])cc1[N+](=O)[O-]. The van der Waals surface area contributed by atoms with Crippen LogP contribution in [0.25, 0.3) is 0 Å². The molecule has 0 unspecified atom stereocenters. The van der Waals surface area contributed by atoms with E-state index in [1.807, 2.05) is 6.92 Å². The molecule has 0 aliphatic rings. The van der Waals surface area contributed by atoms with Crippen molar-refractivity contribution in [2.24, 2.45) is 0 Å². The highest BCUT2D eigenvalue weighted by Crippen LogP contribution is 2.28.